The van der Waals surface area contributed by atoms with Gasteiger partial charge in [-0.2, -0.15) is 0 Å². The van der Waals surface area contributed by atoms with E-state index in [0.29, 0.717) is 5.88 Å². The summed E-state index contributed by atoms with van der Waals surface area (Å²) in [7, 11) is 0. The van der Waals surface area contributed by atoms with E-state index in [1.165, 1.54) is 18.2 Å². The lowest BCUT2D eigenvalue weighted by Crippen LogP contribution is -1.88. The van der Waals surface area contributed by atoms with Gasteiger partial charge < -0.3 is 0 Å². The number of rotatable bonds is 2. The van der Waals surface area contributed by atoms with Crippen molar-refractivity contribution < 1.29 is 8.78 Å². The van der Waals surface area contributed by atoms with Crippen molar-refractivity contribution in [2.75, 3.05) is 5.88 Å². The van der Waals surface area contributed by atoms with Crippen molar-refractivity contribution in [3.8, 4) is 0 Å². The van der Waals surface area contributed by atoms with Crippen LogP contribution >= 0.6 is 11.6 Å². The van der Waals surface area contributed by atoms with Crippen LogP contribution in [0.15, 0.2) is 23.8 Å². The number of hydrogen-bond donors (Lipinski definition) is 0. The molecule has 1 aromatic rings. The first-order valence-electron chi connectivity index (χ1n) is 3.82. The van der Waals surface area contributed by atoms with Gasteiger partial charge in [-0.05, 0) is 13.0 Å². The molecule has 0 spiro atoms. The molecule has 0 nitrogen and oxygen atoms in total. The van der Waals surface area contributed by atoms with Gasteiger partial charge in [-0.1, -0.05) is 23.8 Å². The molecule has 0 saturated carbocycles. The SMILES string of the molecule is CC(=Cc1cccc(F)c1F)CCl. The highest BCUT2D eigenvalue weighted by molar-refractivity contribution is 6.19. The molecule has 0 aliphatic carbocycles. The minimum absolute atomic E-state index is 0.234. The van der Waals surface area contributed by atoms with Crippen LogP contribution in [0.1, 0.15) is 12.5 Å². The maximum atomic E-state index is 13.0. The second-order valence-electron chi connectivity index (χ2n) is 2.77. The molecule has 13 heavy (non-hydrogen) atoms. The average molecular weight is 203 g/mol. The van der Waals surface area contributed by atoms with E-state index in [4.69, 9.17) is 11.6 Å². The lowest BCUT2D eigenvalue weighted by atomic mass is 10.1. The van der Waals surface area contributed by atoms with Gasteiger partial charge in [0.05, 0.1) is 0 Å². The Labute approximate surface area is 80.8 Å². The van der Waals surface area contributed by atoms with Crippen LogP contribution in [-0.4, -0.2) is 5.88 Å². The van der Waals surface area contributed by atoms with E-state index in [1.54, 1.807) is 6.92 Å². The summed E-state index contributed by atoms with van der Waals surface area (Å²) in [5.41, 5.74) is 1.03. The van der Waals surface area contributed by atoms with Crippen LogP contribution in [0.25, 0.3) is 6.08 Å². The zero-order valence-corrected chi connectivity index (χ0v) is 7.91. The molecule has 0 unspecified atom stereocenters. The second kappa shape index (κ2) is 4.38. The predicted molar refractivity (Wildman–Crippen MR) is 50.7 cm³/mol. The molecular weight excluding hydrogens is 194 g/mol. The van der Waals surface area contributed by atoms with Gasteiger partial charge >= 0.3 is 0 Å². The summed E-state index contributed by atoms with van der Waals surface area (Å²) in [6, 6.07) is 4.06. The maximum Gasteiger partial charge on any atom is 0.166 e. The first-order chi connectivity index (χ1) is 6.15. The van der Waals surface area contributed by atoms with Crippen LogP contribution < -0.4 is 0 Å². The lowest BCUT2D eigenvalue weighted by Gasteiger charge is -1.99. The van der Waals surface area contributed by atoms with Gasteiger partial charge in [-0.25, -0.2) is 8.78 Å². The highest BCUT2D eigenvalue weighted by Crippen LogP contribution is 2.15. The maximum absolute atomic E-state index is 13.0. The molecule has 0 radical (unpaired) electrons. The number of halogens is 3. The highest BCUT2D eigenvalue weighted by Gasteiger charge is 2.04. The Kier molecular flexibility index (Phi) is 3.43. The van der Waals surface area contributed by atoms with E-state index in [-0.39, 0.29) is 5.56 Å². The summed E-state index contributed by atoms with van der Waals surface area (Å²) in [4.78, 5) is 0. The van der Waals surface area contributed by atoms with E-state index in [9.17, 15) is 8.78 Å². The molecule has 0 heterocycles. The van der Waals surface area contributed by atoms with Crippen molar-refractivity contribution in [1.82, 2.24) is 0 Å². The summed E-state index contributed by atoms with van der Waals surface area (Å²) in [6.07, 6.45) is 1.53. The summed E-state index contributed by atoms with van der Waals surface area (Å²) < 4.78 is 25.7. The third-order valence-corrected chi connectivity index (χ3v) is 2.02. The molecule has 1 rings (SSSR count). The van der Waals surface area contributed by atoms with Crippen molar-refractivity contribution in [3.63, 3.8) is 0 Å². The van der Waals surface area contributed by atoms with Crippen LogP contribution in [0.5, 0.6) is 0 Å². The Bertz CT molecular complexity index is 332. The number of hydrogen-bond acceptors (Lipinski definition) is 0. The Hall–Kier alpha value is -0.890. The third-order valence-electron chi connectivity index (χ3n) is 1.59. The Morgan fingerprint density at radius 3 is 2.77 bits per heavy atom. The van der Waals surface area contributed by atoms with E-state index in [1.807, 2.05) is 0 Å². The van der Waals surface area contributed by atoms with Crippen LogP contribution in [0.2, 0.25) is 0 Å². The molecule has 0 saturated heterocycles. The molecule has 3 heteroatoms. The van der Waals surface area contributed by atoms with Crippen LogP contribution in [0, 0.1) is 11.6 Å². The van der Waals surface area contributed by atoms with Crippen LogP contribution in [0.4, 0.5) is 8.78 Å². The van der Waals surface area contributed by atoms with Crippen molar-refractivity contribution in [1.29, 1.82) is 0 Å². The largest absolute Gasteiger partial charge is 0.204 e. The van der Waals surface area contributed by atoms with E-state index in [2.05, 4.69) is 0 Å². The molecule has 1 aromatic carbocycles. The Balaban J connectivity index is 3.09. The van der Waals surface area contributed by atoms with Crippen molar-refractivity contribution in [3.05, 3.63) is 41.0 Å². The van der Waals surface area contributed by atoms with Gasteiger partial charge in [-0.3, -0.25) is 0 Å². The minimum Gasteiger partial charge on any atom is -0.204 e. The van der Waals surface area contributed by atoms with Crippen LogP contribution in [-0.2, 0) is 0 Å². The van der Waals surface area contributed by atoms with E-state index >= 15 is 0 Å². The molecule has 0 aliphatic heterocycles. The number of allylic oxidation sites excluding steroid dienone is 1. The molecule has 70 valence electrons. The number of alkyl halides is 1. The summed E-state index contributed by atoms with van der Waals surface area (Å²) in [6.45, 7) is 1.76. The van der Waals surface area contributed by atoms with Gasteiger partial charge in [-0.15, -0.1) is 11.6 Å². The summed E-state index contributed by atoms with van der Waals surface area (Å²) in [5, 5.41) is 0. The summed E-state index contributed by atoms with van der Waals surface area (Å²) >= 11 is 5.51. The van der Waals surface area contributed by atoms with Gasteiger partial charge in [0.15, 0.2) is 11.6 Å². The fourth-order valence-corrected chi connectivity index (χ4v) is 1.01. The number of benzene rings is 1. The fourth-order valence-electron chi connectivity index (χ4n) is 0.936. The zero-order valence-electron chi connectivity index (χ0n) is 7.15. The topological polar surface area (TPSA) is 0 Å². The van der Waals surface area contributed by atoms with Crippen molar-refractivity contribution in [2.24, 2.45) is 0 Å². The molecule has 0 bridgehead atoms. The minimum atomic E-state index is -0.837. The third kappa shape index (κ3) is 2.52. The Morgan fingerprint density at radius 1 is 1.46 bits per heavy atom. The molecule has 0 aliphatic rings. The van der Waals surface area contributed by atoms with Crippen LogP contribution in [0.3, 0.4) is 0 Å². The van der Waals surface area contributed by atoms with Crippen molar-refractivity contribution >= 4 is 17.7 Å². The van der Waals surface area contributed by atoms with Gasteiger partial charge in [0.1, 0.15) is 0 Å². The quantitative estimate of drug-likeness (QED) is 0.643. The molecule has 0 aromatic heterocycles. The van der Waals surface area contributed by atoms with Gasteiger partial charge in [0, 0.05) is 11.4 Å². The first kappa shape index (κ1) is 10.2. The zero-order chi connectivity index (χ0) is 9.84. The first-order valence-corrected chi connectivity index (χ1v) is 4.35. The summed E-state index contributed by atoms with van der Waals surface area (Å²) in [5.74, 6) is -1.35. The second-order valence-corrected chi connectivity index (χ2v) is 3.03. The predicted octanol–water partition coefficient (Wildman–Crippen LogP) is 3.61. The van der Waals surface area contributed by atoms with E-state index < -0.39 is 11.6 Å². The smallest absolute Gasteiger partial charge is 0.166 e. The highest BCUT2D eigenvalue weighted by atomic mass is 35.5. The normalized spacial score (nSPS) is 11.8. The van der Waals surface area contributed by atoms with E-state index in [0.717, 1.165) is 11.6 Å². The molecule has 0 amide bonds. The molecule has 0 N–H and O–H groups in total. The van der Waals surface area contributed by atoms with Gasteiger partial charge in [0.25, 0.3) is 0 Å². The lowest BCUT2D eigenvalue weighted by molar-refractivity contribution is 0.507. The standard InChI is InChI=1S/C10H9ClF2/c1-7(6-11)5-8-3-2-4-9(12)10(8)13/h2-5H,6H2,1H3. The molecule has 0 fully saturated rings. The monoisotopic (exact) mass is 202 g/mol. The van der Waals surface area contributed by atoms with Crippen molar-refractivity contribution in [2.45, 2.75) is 6.92 Å². The average Bonchev–Trinajstić information content (AvgIpc) is 2.13. The Morgan fingerprint density at radius 2 is 2.15 bits per heavy atom. The molecular formula is C10H9ClF2. The molecule has 0 atom stereocenters. The fraction of sp³-hybridized carbons (Fsp3) is 0.200. The van der Waals surface area contributed by atoms with Gasteiger partial charge in [0.2, 0.25) is 0 Å².